The van der Waals surface area contributed by atoms with Crippen LogP contribution >= 0.6 is 0 Å². The summed E-state index contributed by atoms with van der Waals surface area (Å²) in [6.45, 7) is 0.305. The summed E-state index contributed by atoms with van der Waals surface area (Å²) in [4.78, 5) is 12.8. The second kappa shape index (κ2) is 9.19. The molecular formula is C27H24N2O4S. The van der Waals surface area contributed by atoms with Gasteiger partial charge in [-0.25, -0.2) is 8.42 Å². The fourth-order valence-corrected chi connectivity index (χ4v) is 5.77. The Labute approximate surface area is 198 Å². The predicted molar refractivity (Wildman–Crippen MR) is 134 cm³/mol. The molecule has 0 unspecified atom stereocenters. The highest BCUT2D eigenvalue weighted by molar-refractivity contribution is 7.92. The summed E-state index contributed by atoms with van der Waals surface area (Å²) in [6.07, 6.45) is 1.45. The lowest BCUT2D eigenvalue weighted by Gasteiger charge is -2.30. The van der Waals surface area contributed by atoms with Gasteiger partial charge in [-0.15, -0.1) is 0 Å². The Morgan fingerprint density at radius 3 is 2.47 bits per heavy atom. The smallest absolute Gasteiger partial charge is 0.264 e. The minimum atomic E-state index is -3.64. The third-order valence-electron chi connectivity index (χ3n) is 5.86. The number of ether oxygens (including phenoxy) is 1. The summed E-state index contributed by atoms with van der Waals surface area (Å²) in [6, 6.07) is 27.4. The van der Waals surface area contributed by atoms with Crippen molar-refractivity contribution < 1.29 is 17.9 Å². The highest BCUT2D eigenvalue weighted by Gasteiger charge is 2.29. The molecule has 172 valence electrons. The summed E-state index contributed by atoms with van der Waals surface area (Å²) in [5.74, 6) is 0.346. The van der Waals surface area contributed by atoms with Crippen molar-refractivity contribution in [3.05, 3.63) is 96.6 Å². The Bertz CT molecular complexity index is 1450. The number of hydrogen-bond donors (Lipinski definition) is 1. The van der Waals surface area contributed by atoms with Crippen LogP contribution in [-0.2, 0) is 21.2 Å². The summed E-state index contributed by atoms with van der Waals surface area (Å²) in [7, 11) is -3.64. The maximum absolute atomic E-state index is 13.2. The first-order valence-electron chi connectivity index (χ1n) is 11.1. The maximum Gasteiger partial charge on any atom is 0.264 e. The third kappa shape index (κ3) is 4.47. The molecule has 0 bridgehead atoms. The number of aryl methyl sites for hydroxylation is 1. The Kier molecular flexibility index (Phi) is 5.94. The zero-order valence-corrected chi connectivity index (χ0v) is 19.3. The Morgan fingerprint density at radius 2 is 1.65 bits per heavy atom. The molecular weight excluding hydrogens is 448 g/mol. The largest absolute Gasteiger partial charge is 0.484 e. The van der Waals surface area contributed by atoms with E-state index in [0.29, 0.717) is 30.1 Å². The zero-order chi connectivity index (χ0) is 23.5. The Hall–Kier alpha value is -3.84. The van der Waals surface area contributed by atoms with Gasteiger partial charge in [-0.3, -0.25) is 9.10 Å². The van der Waals surface area contributed by atoms with Crippen molar-refractivity contribution in [3.63, 3.8) is 0 Å². The molecule has 0 spiro atoms. The number of nitrogens with zero attached hydrogens (tertiary/aromatic N) is 1. The van der Waals surface area contributed by atoms with Crippen molar-refractivity contribution in [2.75, 3.05) is 22.8 Å². The van der Waals surface area contributed by atoms with Crippen molar-refractivity contribution >= 4 is 38.1 Å². The van der Waals surface area contributed by atoms with Gasteiger partial charge in [0.15, 0.2) is 6.61 Å². The van der Waals surface area contributed by atoms with Crippen LogP contribution in [0.15, 0.2) is 95.9 Å². The molecule has 1 aliphatic rings. The van der Waals surface area contributed by atoms with Gasteiger partial charge in [0.1, 0.15) is 5.75 Å². The van der Waals surface area contributed by atoms with Crippen molar-refractivity contribution in [2.24, 2.45) is 0 Å². The van der Waals surface area contributed by atoms with Crippen molar-refractivity contribution in [1.29, 1.82) is 0 Å². The normalized spacial score (nSPS) is 13.4. The summed E-state index contributed by atoms with van der Waals surface area (Å²) >= 11 is 0. The van der Waals surface area contributed by atoms with Gasteiger partial charge >= 0.3 is 0 Å². The molecule has 1 amide bonds. The predicted octanol–water partition coefficient (Wildman–Crippen LogP) is 5.00. The van der Waals surface area contributed by atoms with Gasteiger partial charge < -0.3 is 10.1 Å². The van der Waals surface area contributed by atoms with Crippen molar-refractivity contribution in [2.45, 2.75) is 17.7 Å². The fraction of sp³-hybridized carbons (Fsp3) is 0.148. The van der Waals surface area contributed by atoms with E-state index >= 15 is 0 Å². The second-order valence-electron chi connectivity index (χ2n) is 8.18. The lowest BCUT2D eigenvalue weighted by Crippen LogP contribution is -2.35. The van der Waals surface area contributed by atoms with E-state index in [4.69, 9.17) is 4.74 Å². The molecule has 4 aromatic rings. The Balaban J connectivity index is 1.28. The van der Waals surface area contributed by atoms with Crippen LogP contribution in [0.25, 0.3) is 10.8 Å². The number of rotatable bonds is 6. The number of carbonyl (C=O) groups is 1. The van der Waals surface area contributed by atoms with Crippen molar-refractivity contribution in [3.8, 4) is 5.75 Å². The van der Waals surface area contributed by atoms with Gasteiger partial charge in [-0.1, -0.05) is 48.5 Å². The van der Waals surface area contributed by atoms with Gasteiger partial charge in [0.05, 0.1) is 10.6 Å². The van der Waals surface area contributed by atoms with E-state index in [1.165, 1.54) is 4.31 Å². The van der Waals surface area contributed by atoms with Gasteiger partial charge in [0.25, 0.3) is 15.9 Å². The van der Waals surface area contributed by atoms with Crippen LogP contribution in [0.5, 0.6) is 5.75 Å². The van der Waals surface area contributed by atoms with E-state index in [0.717, 1.165) is 22.8 Å². The van der Waals surface area contributed by atoms with E-state index < -0.39 is 10.0 Å². The molecule has 6 nitrogen and oxygen atoms in total. The molecule has 1 aliphatic heterocycles. The highest BCUT2D eigenvalue weighted by Crippen LogP contribution is 2.33. The fourth-order valence-electron chi connectivity index (χ4n) is 4.21. The van der Waals surface area contributed by atoms with Crippen LogP contribution in [0.2, 0.25) is 0 Å². The average Bonchev–Trinajstić information content (AvgIpc) is 2.87. The molecule has 34 heavy (non-hydrogen) atoms. The van der Waals surface area contributed by atoms with Crippen LogP contribution in [-0.4, -0.2) is 27.5 Å². The quantitative estimate of drug-likeness (QED) is 0.429. The summed E-state index contributed by atoms with van der Waals surface area (Å²) in [5.41, 5.74) is 2.16. The molecule has 0 saturated heterocycles. The minimum absolute atomic E-state index is 0.121. The van der Waals surface area contributed by atoms with Crippen LogP contribution in [0.4, 0.5) is 11.4 Å². The van der Waals surface area contributed by atoms with E-state index in [2.05, 4.69) is 5.32 Å². The van der Waals surface area contributed by atoms with Gasteiger partial charge in [0.2, 0.25) is 0 Å². The minimum Gasteiger partial charge on any atom is -0.484 e. The SMILES string of the molecule is O=C(COc1ccc2ccccc2c1)Nc1ccc2c(c1)CCCN2S(=O)(=O)c1ccccc1. The number of benzene rings is 4. The van der Waals surface area contributed by atoms with Gasteiger partial charge in [0, 0.05) is 12.2 Å². The molecule has 0 radical (unpaired) electrons. The molecule has 0 atom stereocenters. The van der Waals surface area contributed by atoms with Gasteiger partial charge in [-0.05, 0) is 71.6 Å². The molecule has 0 aliphatic carbocycles. The lowest BCUT2D eigenvalue weighted by molar-refractivity contribution is -0.118. The number of anilines is 2. The first-order chi connectivity index (χ1) is 16.5. The number of fused-ring (bicyclic) bond motifs is 2. The number of hydrogen-bond acceptors (Lipinski definition) is 4. The Morgan fingerprint density at radius 1 is 0.882 bits per heavy atom. The van der Waals surface area contributed by atoms with Crippen molar-refractivity contribution in [1.82, 2.24) is 0 Å². The lowest BCUT2D eigenvalue weighted by atomic mass is 10.0. The maximum atomic E-state index is 13.2. The third-order valence-corrected chi connectivity index (χ3v) is 7.69. The summed E-state index contributed by atoms with van der Waals surface area (Å²) < 4.78 is 33.4. The zero-order valence-electron chi connectivity index (χ0n) is 18.5. The summed E-state index contributed by atoms with van der Waals surface area (Å²) in [5, 5.41) is 5.01. The average molecular weight is 473 g/mol. The molecule has 0 fully saturated rings. The standard InChI is InChI=1S/C27H24N2O4S/c30-27(19-33-24-14-12-20-7-4-5-8-21(20)18-24)28-23-13-15-26-22(17-23)9-6-16-29(26)34(31,32)25-10-2-1-3-11-25/h1-5,7-8,10-15,17-18H,6,9,16,19H2,(H,28,30). The first kappa shape index (κ1) is 22.0. The van der Waals surface area contributed by atoms with Crippen LogP contribution < -0.4 is 14.4 Å². The number of carbonyl (C=O) groups excluding carboxylic acids is 1. The topological polar surface area (TPSA) is 75.7 Å². The molecule has 5 rings (SSSR count). The molecule has 1 heterocycles. The molecule has 0 aromatic heterocycles. The molecule has 1 N–H and O–H groups in total. The van der Waals surface area contributed by atoms with E-state index in [9.17, 15) is 13.2 Å². The van der Waals surface area contributed by atoms with E-state index in [1.54, 1.807) is 42.5 Å². The van der Waals surface area contributed by atoms with Gasteiger partial charge in [-0.2, -0.15) is 0 Å². The van der Waals surface area contributed by atoms with E-state index in [-0.39, 0.29) is 17.4 Å². The number of nitrogens with one attached hydrogen (secondary N) is 1. The molecule has 0 saturated carbocycles. The molecule has 4 aromatic carbocycles. The first-order valence-corrected chi connectivity index (χ1v) is 12.6. The van der Waals surface area contributed by atoms with E-state index in [1.807, 2.05) is 48.5 Å². The number of sulfonamides is 1. The van der Waals surface area contributed by atoms with Crippen LogP contribution in [0.1, 0.15) is 12.0 Å². The van der Waals surface area contributed by atoms with Crippen LogP contribution in [0.3, 0.4) is 0 Å². The molecule has 7 heteroatoms. The monoisotopic (exact) mass is 472 g/mol. The second-order valence-corrected chi connectivity index (χ2v) is 10.0. The highest BCUT2D eigenvalue weighted by atomic mass is 32.2. The van der Waals surface area contributed by atoms with Crippen LogP contribution in [0, 0.1) is 0 Å². The number of amides is 1.